The van der Waals surface area contributed by atoms with E-state index in [1.54, 1.807) is 4.80 Å². The van der Waals surface area contributed by atoms with E-state index in [2.05, 4.69) is 99.8 Å². The van der Waals surface area contributed by atoms with Crippen LogP contribution in [0.1, 0.15) is 5.82 Å². The van der Waals surface area contributed by atoms with Crippen LogP contribution < -0.4 is 4.57 Å². The molecule has 0 spiro atoms. The molecule has 0 N–H and O–H groups in total. The summed E-state index contributed by atoms with van der Waals surface area (Å²) in [6.07, 6.45) is 0. The fourth-order valence-corrected chi connectivity index (χ4v) is 4.40. The Labute approximate surface area is 234 Å². The lowest BCUT2D eigenvalue weighted by molar-refractivity contribution is -0.667. The van der Waals surface area contributed by atoms with Gasteiger partial charge in [-0.25, -0.2) is 0 Å². The fraction of sp³-hybridized carbons (Fsp3) is 0.0323. The Balaban J connectivity index is 0.000000623. The van der Waals surface area contributed by atoms with Gasteiger partial charge in [-0.3, -0.25) is 0 Å². The van der Waals surface area contributed by atoms with E-state index in [9.17, 15) is 17.3 Å². The molecule has 0 aliphatic rings. The summed E-state index contributed by atoms with van der Waals surface area (Å²) in [5, 5.41) is 13.4. The van der Waals surface area contributed by atoms with Crippen LogP contribution in [0.3, 0.4) is 0 Å². The Morgan fingerprint density at radius 2 is 0.976 bits per heavy atom. The van der Waals surface area contributed by atoms with Crippen LogP contribution in [0.25, 0.3) is 39.3 Å². The Hall–Kier alpha value is -5.12. The summed E-state index contributed by atoms with van der Waals surface area (Å²) in [5.41, 5.74) is 7.65. The third kappa shape index (κ3) is 7.30. The molecule has 0 fully saturated rings. The van der Waals surface area contributed by atoms with Crippen LogP contribution in [-0.4, -0.2) is 27.5 Å². The predicted molar refractivity (Wildman–Crippen MR) is 151 cm³/mol. The van der Waals surface area contributed by atoms with E-state index in [0.29, 0.717) is 12.4 Å². The lowest BCUT2D eigenvalue weighted by atomic mass is 9.99. The van der Waals surface area contributed by atoms with Crippen LogP contribution in [0.4, 0.5) is 17.3 Å². The SMILES string of the molecule is F[B-](F)(F)F.c1ccc(-c2cc(-c3ccccc3)[n+](Cc3nnn(-c4ccccc4)n3)c(-c3ccccc3)c2)cc1. The Kier molecular flexibility index (Phi) is 8.29. The molecule has 0 bridgehead atoms. The number of aromatic nitrogens is 5. The smallest absolute Gasteiger partial charge is 0.418 e. The number of halogens is 4. The second-order valence-electron chi connectivity index (χ2n) is 9.02. The van der Waals surface area contributed by atoms with Gasteiger partial charge in [0, 0.05) is 23.3 Å². The molecule has 6 aromatic rings. The number of hydrogen-bond donors (Lipinski definition) is 0. The minimum Gasteiger partial charge on any atom is -0.418 e. The molecule has 0 saturated carbocycles. The zero-order chi connectivity index (χ0) is 28.7. The second-order valence-corrected chi connectivity index (χ2v) is 9.02. The van der Waals surface area contributed by atoms with Gasteiger partial charge in [-0.15, -0.1) is 15.0 Å². The average molecular weight is 553 g/mol. The van der Waals surface area contributed by atoms with E-state index in [0.717, 1.165) is 33.8 Å². The molecule has 41 heavy (non-hydrogen) atoms. The quantitative estimate of drug-likeness (QED) is 0.124. The Bertz CT molecular complexity index is 1630. The molecule has 10 heteroatoms. The first-order valence-electron chi connectivity index (χ1n) is 12.8. The number of tetrazole rings is 1. The first-order chi connectivity index (χ1) is 19.8. The molecule has 2 aromatic heterocycles. The first-order valence-corrected chi connectivity index (χ1v) is 12.8. The van der Waals surface area contributed by atoms with Gasteiger partial charge in [-0.2, -0.15) is 4.57 Å². The van der Waals surface area contributed by atoms with Crippen molar-refractivity contribution >= 4 is 7.25 Å². The van der Waals surface area contributed by atoms with Gasteiger partial charge in [-0.1, -0.05) is 84.9 Å². The van der Waals surface area contributed by atoms with Crippen molar-refractivity contribution in [2.45, 2.75) is 6.54 Å². The maximum Gasteiger partial charge on any atom is 0.673 e. The van der Waals surface area contributed by atoms with Gasteiger partial charge in [0.05, 0.1) is 5.69 Å². The monoisotopic (exact) mass is 553 g/mol. The van der Waals surface area contributed by atoms with Crippen molar-refractivity contribution in [3.05, 3.63) is 139 Å². The van der Waals surface area contributed by atoms with Gasteiger partial charge < -0.3 is 17.3 Å². The predicted octanol–water partition coefficient (Wildman–Crippen LogP) is 7.30. The van der Waals surface area contributed by atoms with Gasteiger partial charge in [0.15, 0.2) is 0 Å². The molecule has 5 nitrogen and oxygen atoms in total. The standard InChI is InChI=1S/C31H24N5.BF4/c1-5-13-24(14-6-1)27-21-29(25-15-7-2-8-16-25)35(30(22-27)26-17-9-3-10-18-26)23-31-32-34-36(33-31)28-19-11-4-12-20-28;2-1(3,4)5/h1-22H,23H2;/q+1;-1. The van der Waals surface area contributed by atoms with Crippen LogP contribution in [0.15, 0.2) is 133 Å². The van der Waals surface area contributed by atoms with Crippen LogP contribution >= 0.6 is 0 Å². The third-order valence-corrected chi connectivity index (χ3v) is 6.15. The van der Waals surface area contributed by atoms with Crippen molar-refractivity contribution in [3.63, 3.8) is 0 Å². The summed E-state index contributed by atoms with van der Waals surface area (Å²) in [7, 11) is -6.00. The normalized spacial score (nSPS) is 11.0. The van der Waals surface area contributed by atoms with Crippen LogP contribution in [0.2, 0.25) is 0 Å². The van der Waals surface area contributed by atoms with Gasteiger partial charge in [0.1, 0.15) is 0 Å². The number of rotatable bonds is 6. The van der Waals surface area contributed by atoms with E-state index in [1.165, 1.54) is 5.56 Å². The minimum absolute atomic E-state index is 0.482. The van der Waals surface area contributed by atoms with Crippen molar-refractivity contribution < 1.29 is 21.8 Å². The van der Waals surface area contributed by atoms with E-state index in [1.807, 2.05) is 48.5 Å². The zero-order valence-electron chi connectivity index (χ0n) is 21.7. The molecule has 4 aromatic carbocycles. The summed E-state index contributed by atoms with van der Waals surface area (Å²) in [6.45, 7) is 0.482. The molecule has 0 aliphatic heterocycles. The fourth-order valence-electron chi connectivity index (χ4n) is 4.40. The molecule has 0 unspecified atom stereocenters. The van der Waals surface area contributed by atoms with Gasteiger partial charge in [0.2, 0.25) is 23.8 Å². The molecule has 2 heterocycles. The first kappa shape index (κ1) is 27.5. The summed E-state index contributed by atoms with van der Waals surface area (Å²) >= 11 is 0. The van der Waals surface area contributed by atoms with E-state index < -0.39 is 7.25 Å². The molecular weight excluding hydrogens is 529 g/mol. The van der Waals surface area contributed by atoms with Crippen LogP contribution in [-0.2, 0) is 6.54 Å². The average Bonchev–Trinajstić information content (AvgIpc) is 3.47. The molecule has 204 valence electrons. The maximum absolute atomic E-state index is 9.75. The molecule has 0 saturated heterocycles. The largest absolute Gasteiger partial charge is 0.673 e. The molecule has 0 amide bonds. The van der Waals surface area contributed by atoms with Crippen molar-refractivity contribution in [2.24, 2.45) is 0 Å². The highest BCUT2D eigenvalue weighted by Gasteiger charge is 2.25. The number of pyridine rings is 1. The molecule has 0 radical (unpaired) electrons. The molecule has 0 atom stereocenters. The van der Waals surface area contributed by atoms with Gasteiger partial charge >= 0.3 is 7.25 Å². The summed E-state index contributed by atoms with van der Waals surface area (Å²) < 4.78 is 41.3. The Morgan fingerprint density at radius 3 is 1.44 bits per heavy atom. The van der Waals surface area contributed by atoms with E-state index >= 15 is 0 Å². The van der Waals surface area contributed by atoms with E-state index in [4.69, 9.17) is 5.10 Å². The van der Waals surface area contributed by atoms with Gasteiger partial charge in [-0.05, 0) is 52.7 Å². The summed E-state index contributed by atoms with van der Waals surface area (Å²) in [5.74, 6) is 0.644. The lowest BCUT2D eigenvalue weighted by Crippen LogP contribution is -2.40. The van der Waals surface area contributed by atoms with E-state index in [-0.39, 0.29) is 0 Å². The maximum atomic E-state index is 9.75. The number of benzene rings is 4. The summed E-state index contributed by atoms with van der Waals surface area (Å²) in [6, 6.07) is 45.8. The van der Waals surface area contributed by atoms with Crippen LogP contribution in [0, 0.1) is 0 Å². The Morgan fingerprint density at radius 1 is 0.561 bits per heavy atom. The van der Waals surface area contributed by atoms with Crippen molar-refractivity contribution in [3.8, 4) is 39.3 Å². The lowest BCUT2D eigenvalue weighted by Gasteiger charge is -2.12. The van der Waals surface area contributed by atoms with Gasteiger partial charge in [0.25, 0.3) is 0 Å². The molecule has 0 aliphatic carbocycles. The highest BCUT2D eigenvalue weighted by molar-refractivity contribution is 6.50. The van der Waals surface area contributed by atoms with Crippen LogP contribution in [0.5, 0.6) is 0 Å². The molecular formula is C31H24BF4N5. The minimum atomic E-state index is -6.00. The number of para-hydroxylation sites is 1. The summed E-state index contributed by atoms with van der Waals surface area (Å²) in [4.78, 5) is 1.58. The van der Waals surface area contributed by atoms with Crippen molar-refractivity contribution in [2.75, 3.05) is 0 Å². The van der Waals surface area contributed by atoms with Crippen molar-refractivity contribution in [1.29, 1.82) is 0 Å². The molecule has 6 rings (SSSR count). The number of hydrogen-bond acceptors (Lipinski definition) is 3. The highest BCUT2D eigenvalue weighted by atomic mass is 19.5. The zero-order valence-corrected chi connectivity index (χ0v) is 21.7. The third-order valence-electron chi connectivity index (χ3n) is 6.15. The number of nitrogens with zero attached hydrogens (tertiary/aromatic N) is 5. The van der Waals surface area contributed by atoms with Crippen molar-refractivity contribution in [1.82, 2.24) is 20.2 Å². The highest BCUT2D eigenvalue weighted by Crippen LogP contribution is 2.29. The second kappa shape index (κ2) is 12.4. The topological polar surface area (TPSA) is 47.5 Å².